The van der Waals surface area contributed by atoms with E-state index in [4.69, 9.17) is 11.6 Å². The quantitative estimate of drug-likeness (QED) is 0.889. The molecule has 5 heteroatoms. The van der Waals surface area contributed by atoms with Crippen LogP contribution in [-0.4, -0.2) is 16.5 Å². The van der Waals surface area contributed by atoms with Gasteiger partial charge in [-0.1, -0.05) is 23.7 Å². The van der Waals surface area contributed by atoms with Gasteiger partial charge in [-0.25, -0.2) is 9.97 Å². The van der Waals surface area contributed by atoms with Gasteiger partial charge in [0.1, 0.15) is 17.5 Å². The maximum Gasteiger partial charge on any atom is 0.139 e. The summed E-state index contributed by atoms with van der Waals surface area (Å²) < 4.78 is 0. The first-order chi connectivity index (χ1) is 9.11. The van der Waals surface area contributed by atoms with Gasteiger partial charge in [0.05, 0.1) is 10.7 Å². The number of para-hydroxylation sites is 1. The van der Waals surface area contributed by atoms with Gasteiger partial charge in [0.25, 0.3) is 0 Å². The van der Waals surface area contributed by atoms with E-state index in [-0.39, 0.29) is 0 Å². The Morgan fingerprint density at radius 3 is 2.47 bits per heavy atom. The smallest absolute Gasteiger partial charge is 0.139 e. The molecule has 19 heavy (non-hydrogen) atoms. The highest BCUT2D eigenvalue weighted by Gasteiger charge is 2.09. The Morgan fingerprint density at radius 1 is 1.11 bits per heavy atom. The zero-order valence-electron chi connectivity index (χ0n) is 11.3. The van der Waals surface area contributed by atoms with Crippen LogP contribution in [0.15, 0.2) is 24.3 Å². The van der Waals surface area contributed by atoms with Crippen LogP contribution in [-0.2, 0) is 0 Å². The topological polar surface area (TPSA) is 49.8 Å². The first-order valence-corrected chi connectivity index (χ1v) is 6.60. The van der Waals surface area contributed by atoms with Crippen molar-refractivity contribution in [2.75, 3.05) is 17.2 Å². The van der Waals surface area contributed by atoms with Crippen LogP contribution in [0.1, 0.15) is 18.3 Å². The van der Waals surface area contributed by atoms with Crippen molar-refractivity contribution in [3.63, 3.8) is 0 Å². The minimum absolute atomic E-state index is 0.670. The van der Waals surface area contributed by atoms with Crippen molar-refractivity contribution in [3.8, 4) is 0 Å². The van der Waals surface area contributed by atoms with Gasteiger partial charge in [-0.3, -0.25) is 0 Å². The molecule has 0 spiro atoms. The number of rotatable bonds is 4. The summed E-state index contributed by atoms with van der Waals surface area (Å²) >= 11 is 6.15. The van der Waals surface area contributed by atoms with E-state index in [1.807, 2.05) is 45.0 Å². The number of anilines is 3. The molecular formula is C14H17ClN4. The SMILES string of the molecule is CCNc1nc(C)nc(Nc2ccccc2Cl)c1C. The Labute approximate surface area is 118 Å². The highest BCUT2D eigenvalue weighted by atomic mass is 35.5. The Bertz CT molecular complexity index is 584. The van der Waals surface area contributed by atoms with E-state index in [2.05, 4.69) is 20.6 Å². The summed E-state index contributed by atoms with van der Waals surface area (Å²) in [6, 6.07) is 7.60. The van der Waals surface area contributed by atoms with E-state index in [0.717, 1.165) is 35.3 Å². The highest BCUT2D eigenvalue weighted by Crippen LogP contribution is 2.27. The van der Waals surface area contributed by atoms with Gasteiger partial charge in [0.2, 0.25) is 0 Å². The third-order valence-corrected chi connectivity index (χ3v) is 3.06. The second-order valence-electron chi connectivity index (χ2n) is 4.23. The normalized spacial score (nSPS) is 10.3. The monoisotopic (exact) mass is 276 g/mol. The van der Waals surface area contributed by atoms with Crippen molar-refractivity contribution >= 4 is 28.9 Å². The molecule has 0 saturated carbocycles. The van der Waals surface area contributed by atoms with Gasteiger partial charge in [-0.2, -0.15) is 0 Å². The molecule has 1 aromatic carbocycles. The zero-order chi connectivity index (χ0) is 13.8. The number of benzene rings is 1. The Morgan fingerprint density at radius 2 is 1.79 bits per heavy atom. The lowest BCUT2D eigenvalue weighted by Gasteiger charge is -2.14. The molecule has 0 aliphatic carbocycles. The summed E-state index contributed by atoms with van der Waals surface area (Å²) in [6.07, 6.45) is 0. The van der Waals surface area contributed by atoms with Gasteiger partial charge < -0.3 is 10.6 Å². The molecule has 0 atom stereocenters. The molecule has 0 amide bonds. The number of hydrogen-bond donors (Lipinski definition) is 2. The van der Waals surface area contributed by atoms with Gasteiger partial charge in [0, 0.05) is 12.1 Å². The van der Waals surface area contributed by atoms with Crippen molar-refractivity contribution in [1.82, 2.24) is 9.97 Å². The third kappa shape index (κ3) is 3.15. The van der Waals surface area contributed by atoms with Crippen LogP contribution in [0.25, 0.3) is 0 Å². The van der Waals surface area contributed by atoms with Crippen LogP contribution in [0.3, 0.4) is 0 Å². The average Bonchev–Trinajstić information content (AvgIpc) is 2.38. The van der Waals surface area contributed by atoms with E-state index in [0.29, 0.717) is 5.02 Å². The number of aromatic nitrogens is 2. The van der Waals surface area contributed by atoms with Gasteiger partial charge in [-0.05, 0) is 32.9 Å². The average molecular weight is 277 g/mol. The summed E-state index contributed by atoms with van der Waals surface area (Å²) in [7, 11) is 0. The molecule has 4 nitrogen and oxygen atoms in total. The highest BCUT2D eigenvalue weighted by molar-refractivity contribution is 6.33. The summed E-state index contributed by atoms with van der Waals surface area (Å²) in [5.41, 5.74) is 1.82. The van der Waals surface area contributed by atoms with E-state index in [1.165, 1.54) is 0 Å². The van der Waals surface area contributed by atoms with E-state index in [1.54, 1.807) is 0 Å². The summed E-state index contributed by atoms with van der Waals surface area (Å²) in [6.45, 7) is 6.72. The zero-order valence-corrected chi connectivity index (χ0v) is 12.0. The predicted octanol–water partition coefficient (Wildman–Crippen LogP) is 3.92. The molecule has 2 N–H and O–H groups in total. The first-order valence-electron chi connectivity index (χ1n) is 6.22. The molecule has 2 rings (SSSR count). The van der Waals surface area contributed by atoms with E-state index >= 15 is 0 Å². The van der Waals surface area contributed by atoms with Crippen LogP contribution < -0.4 is 10.6 Å². The molecule has 0 aliphatic heterocycles. The summed E-state index contributed by atoms with van der Waals surface area (Å²) in [5, 5.41) is 7.16. The van der Waals surface area contributed by atoms with Crippen molar-refractivity contribution in [2.45, 2.75) is 20.8 Å². The van der Waals surface area contributed by atoms with Crippen molar-refractivity contribution in [3.05, 3.63) is 40.7 Å². The largest absolute Gasteiger partial charge is 0.370 e. The fourth-order valence-corrected chi connectivity index (χ4v) is 1.96. The molecule has 1 heterocycles. The maximum absolute atomic E-state index is 6.15. The van der Waals surface area contributed by atoms with E-state index < -0.39 is 0 Å². The summed E-state index contributed by atoms with van der Waals surface area (Å²) in [4.78, 5) is 8.82. The lowest BCUT2D eigenvalue weighted by Crippen LogP contribution is -2.07. The van der Waals surface area contributed by atoms with Crippen LogP contribution in [0.2, 0.25) is 5.02 Å². The van der Waals surface area contributed by atoms with Crippen molar-refractivity contribution < 1.29 is 0 Å². The minimum atomic E-state index is 0.670. The maximum atomic E-state index is 6.15. The van der Waals surface area contributed by atoms with Crippen LogP contribution in [0.4, 0.5) is 17.3 Å². The summed E-state index contributed by atoms with van der Waals surface area (Å²) in [5.74, 6) is 2.34. The minimum Gasteiger partial charge on any atom is -0.370 e. The lowest BCUT2D eigenvalue weighted by atomic mass is 10.2. The molecule has 0 bridgehead atoms. The van der Waals surface area contributed by atoms with Crippen LogP contribution >= 0.6 is 11.6 Å². The molecule has 0 fully saturated rings. The second kappa shape index (κ2) is 5.89. The van der Waals surface area contributed by atoms with Crippen LogP contribution in [0.5, 0.6) is 0 Å². The molecule has 1 aromatic heterocycles. The molecule has 2 aromatic rings. The van der Waals surface area contributed by atoms with E-state index in [9.17, 15) is 0 Å². The number of nitrogens with zero attached hydrogens (tertiary/aromatic N) is 2. The molecule has 0 aliphatic rings. The van der Waals surface area contributed by atoms with Crippen LogP contribution in [0, 0.1) is 13.8 Å². The third-order valence-electron chi connectivity index (χ3n) is 2.73. The first kappa shape index (κ1) is 13.6. The Balaban J connectivity index is 2.37. The van der Waals surface area contributed by atoms with Crippen molar-refractivity contribution in [2.24, 2.45) is 0 Å². The van der Waals surface area contributed by atoms with Gasteiger partial charge in [-0.15, -0.1) is 0 Å². The molecule has 0 unspecified atom stereocenters. The molecule has 100 valence electrons. The van der Waals surface area contributed by atoms with Crippen molar-refractivity contribution in [1.29, 1.82) is 0 Å². The Kier molecular flexibility index (Phi) is 4.22. The van der Waals surface area contributed by atoms with Gasteiger partial charge >= 0.3 is 0 Å². The number of hydrogen-bond acceptors (Lipinski definition) is 4. The number of aryl methyl sites for hydroxylation is 1. The fourth-order valence-electron chi connectivity index (χ4n) is 1.78. The Hall–Kier alpha value is -1.81. The molecular weight excluding hydrogens is 260 g/mol. The number of halogens is 1. The van der Waals surface area contributed by atoms with Gasteiger partial charge in [0.15, 0.2) is 0 Å². The lowest BCUT2D eigenvalue weighted by molar-refractivity contribution is 1.02. The number of nitrogens with one attached hydrogen (secondary N) is 2. The predicted molar refractivity (Wildman–Crippen MR) is 80.4 cm³/mol. The fraction of sp³-hybridized carbons (Fsp3) is 0.286. The molecule has 0 radical (unpaired) electrons. The molecule has 0 saturated heterocycles. The standard InChI is InChI=1S/C14H17ClN4/c1-4-16-13-9(2)14(18-10(3)17-13)19-12-8-6-5-7-11(12)15/h5-8H,4H2,1-3H3,(H2,16,17,18,19). The second-order valence-corrected chi connectivity index (χ2v) is 4.64.